The Balaban J connectivity index is 2.57. The van der Waals surface area contributed by atoms with Gasteiger partial charge in [-0.2, -0.15) is 0 Å². The van der Waals surface area contributed by atoms with Crippen molar-refractivity contribution < 1.29 is 4.79 Å². The highest BCUT2D eigenvalue weighted by atomic mass is 32.2. The van der Waals surface area contributed by atoms with Crippen molar-refractivity contribution in [1.29, 1.82) is 0 Å². The summed E-state index contributed by atoms with van der Waals surface area (Å²) in [5, 5.41) is -0.0209. The van der Waals surface area contributed by atoms with E-state index in [-0.39, 0.29) is 11.2 Å². The number of hydrogen-bond acceptors (Lipinski definition) is 2. The first-order chi connectivity index (χ1) is 6.61. The molecule has 2 nitrogen and oxygen atoms in total. The Kier molecular flexibility index (Phi) is 4.01. The van der Waals surface area contributed by atoms with Crippen molar-refractivity contribution in [1.82, 2.24) is 4.90 Å². The van der Waals surface area contributed by atoms with Gasteiger partial charge in [0.25, 0.3) is 0 Å². The average Bonchev–Trinajstić information content (AvgIpc) is 2.18. The van der Waals surface area contributed by atoms with Crippen molar-refractivity contribution in [3.05, 3.63) is 30.3 Å². The number of carbonyl (C=O) groups is 1. The second kappa shape index (κ2) is 5.05. The van der Waals surface area contributed by atoms with Gasteiger partial charge in [-0.25, -0.2) is 0 Å². The minimum Gasteiger partial charge on any atom is -0.348 e. The second-order valence-corrected chi connectivity index (χ2v) is 4.72. The van der Waals surface area contributed by atoms with Gasteiger partial charge in [-0.1, -0.05) is 18.2 Å². The maximum atomic E-state index is 11.6. The van der Waals surface area contributed by atoms with E-state index in [0.29, 0.717) is 0 Å². The van der Waals surface area contributed by atoms with Crippen LogP contribution in [0.1, 0.15) is 6.92 Å². The Hall–Kier alpha value is -0.960. The van der Waals surface area contributed by atoms with Gasteiger partial charge in [0, 0.05) is 19.0 Å². The maximum absolute atomic E-state index is 11.6. The molecule has 14 heavy (non-hydrogen) atoms. The highest BCUT2D eigenvalue weighted by Crippen LogP contribution is 2.23. The van der Waals surface area contributed by atoms with Crippen LogP contribution in [0.25, 0.3) is 0 Å². The Morgan fingerprint density at radius 3 is 2.36 bits per heavy atom. The van der Waals surface area contributed by atoms with E-state index in [1.807, 2.05) is 37.3 Å². The van der Waals surface area contributed by atoms with Crippen molar-refractivity contribution in [2.45, 2.75) is 17.1 Å². The van der Waals surface area contributed by atoms with Gasteiger partial charge in [-0.05, 0) is 19.1 Å². The summed E-state index contributed by atoms with van der Waals surface area (Å²) in [5.41, 5.74) is 0. The van der Waals surface area contributed by atoms with E-state index in [1.54, 1.807) is 30.8 Å². The molecule has 0 aliphatic rings. The lowest BCUT2D eigenvalue weighted by molar-refractivity contribution is -0.127. The fraction of sp³-hybridized carbons (Fsp3) is 0.364. The Bertz CT molecular complexity index is 297. The minimum absolute atomic E-state index is 0.0209. The third kappa shape index (κ3) is 3.07. The van der Waals surface area contributed by atoms with Gasteiger partial charge in [-0.15, -0.1) is 11.8 Å². The molecule has 0 spiro atoms. The topological polar surface area (TPSA) is 20.3 Å². The maximum Gasteiger partial charge on any atom is 0.235 e. The molecule has 0 radical (unpaired) electrons. The normalized spacial score (nSPS) is 12.2. The lowest BCUT2D eigenvalue weighted by atomic mass is 10.4. The zero-order valence-electron chi connectivity index (χ0n) is 8.73. The van der Waals surface area contributed by atoms with Crippen molar-refractivity contribution in [2.24, 2.45) is 0 Å². The monoisotopic (exact) mass is 209 g/mol. The summed E-state index contributed by atoms with van der Waals surface area (Å²) in [6, 6.07) is 9.97. The molecule has 0 aliphatic carbocycles. The number of carbonyl (C=O) groups excluding carboxylic acids is 1. The molecule has 1 rings (SSSR count). The standard InChI is InChI=1S/C11H15NOS/c1-9(11(13)12(2)3)14-10-7-5-4-6-8-10/h4-9H,1-3H3/t9-/m1/s1. The van der Waals surface area contributed by atoms with Crippen molar-refractivity contribution >= 4 is 17.7 Å². The van der Waals surface area contributed by atoms with Gasteiger partial charge >= 0.3 is 0 Å². The molecule has 0 saturated heterocycles. The number of benzene rings is 1. The van der Waals surface area contributed by atoms with Crippen molar-refractivity contribution in [3.8, 4) is 0 Å². The van der Waals surface area contributed by atoms with Crippen LogP contribution in [-0.2, 0) is 4.79 Å². The van der Waals surface area contributed by atoms with Crippen LogP contribution in [0.2, 0.25) is 0 Å². The molecule has 0 saturated carbocycles. The van der Waals surface area contributed by atoms with Crippen molar-refractivity contribution in [2.75, 3.05) is 14.1 Å². The van der Waals surface area contributed by atoms with E-state index >= 15 is 0 Å². The molecular weight excluding hydrogens is 194 g/mol. The largest absolute Gasteiger partial charge is 0.348 e. The molecule has 0 fully saturated rings. The lowest BCUT2D eigenvalue weighted by Gasteiger charge is -2.16. The number of hydrogen-bond donors (Lipinski definition) is 0. The van der Waals surface area contributed by atoms with Gasteiger partial charge in [0.05, 0.1) is 5.25 Å². The van der Waals surface area contributed by atoms with Crippen LogP contribution in [0.15, 0.2) is 35.2 Å². The first kappa shape index (κ1) is 11.1. The molecule has 0 bridgehead atoms. The lowest BCUT2D eigenvalue weighted by Crippen LogP contribution is -2.29. The van der Waals surface area contributed by atoms with E-state index in [9.17, 15) is 4.79 Å². The summed E-state index contributed by atoms with van der Waals surface area (Å²) in [5.74, 6) is 0.152. The molecule has 0 aliphatic heterocycles. The average molecular weight is 209 g/mol. The summed E-state index contributed by atoms with van der Waals surface area (Å²) in [4.78, 5) is 14.3. The molecule has 1 atom stereocenters. The molecule has 0 aromatic heterocycles. The summed E-state index contributed by atoms with van der Waals surface area (Å²) in [6.45, 7) is 1.93. The summed E-state index contributed by atoms with van der Waals surface area (Å²) in [6.07, 6.45) is 0. The van der Waals surface area contributed by atoms with Gasteiger partial charge in [0.2, 0.25) is 5.91 Å². The van der Waals surface area contributed by atoms with E-state index in [1.165, 1.54) is 0 Å². The Morgan fingerprint density at radius 2 is 1.86 bits per heavy atom. The van der Waals surface area contributed by atoms with E-state index in [4.69, 9.17) is 0 Å². The number of nitrogens with zero attached hydrogens (tertiary/aromatic N) is 1. The molecule has 1 amide bonds. The molecule has 76 valence electrons. The molecular formula is C11H15NOS. The molecule has 0 unspecified atom stereocenters. The van der Waals surface area contributed by atoms with Gasteiger partial charge < -0.3 is 4.90 Å². The van der Waals surface area contributed by atoms with Crippen LogP contribution in [0, 0.1) is 0 Å². The van der Waals surface area contributed by atoms with Gasteiger partial charge in [-0.3, -0.25) is 4.79 Å². The fourth-order valence-corrected chi connectivity index (χ4v) is 2.15. The zero-order chi connectivity index (χ0) is 10.6. The number of amides is 1. The molecule has 3 heteroatoms. The summed E-state index contributed by atoms with van der Waals surface area (Å²) < 4.78 is 0. The predicted molar refractivity (Wildman–Crippen MR) is 60.5 cm³/mol. The highest BCUT2D eigenvalue weighted by molar-refractivity contribution is 8.00. The van der Waals surface area contributed by atoms with E-state index in [0.717, 1.165) is 4.90 Å². The first-order valence-electron chi connectivity index (χ1n) is 4.54. The first-order valence-corrected chi connectivity index (χ1v) is 5.42. The molecule has 0 N–H and O–H groups in total. The van der Waals surface area contributed by atoms with Crippen LogP contribution < -0.4 is 0 Å². The molecule has 1 aromatic carbocycles. The Labute approximate surface area is 89.3 Å². The minimum atomic E-state index is -0.0209. The third-order valence-corrected chi connectivity index (χ3v) is 2.94. The summed E-state index contributed by atoms with van der Waals surface area (Å²) in [7, 11) is 3.56. The van der Waals surface area contributed by atoms with Crippen LogP contribution in [0.5, 0.6) is 0 Å². The Morgan fingerprint density at radius 1 is 1.29 bits per heavy atom. The molecule has 0 heterocycles. The van der Waals surface area contributed by atoms with Gasteiger partial charge in [0.1, 0.15) is 0 Å². The van der Waals surface area contributed by atoms with E-state index in [2.05, 4.69) is 0 Å². The van der Waals surface area contributed by atoms with Crippen molar-refractivity contribution in [3.63, 3.8) is 0 Å². The predicted octanol–water partition coefficient (Wildman–Crippen LogP) is 2.26. The second-order valence-electron chi connectivity index (χ2n) is 3.31. The number of rotatable bonds is 3. The van der Waals surface area contributed by atoms with Crippen LogP contribution in [-0.4, -0.2) is 30.2 Å². The SMILES string of the molecule is C[C@@H](Sc1ccccc1)C(=O)N(C)C. The number of thioether (sulfide) groups is 1. The van der Waals surface area contributed by atoms with Crippen LogP contribution >= 0.6 is 11.8 Å². The summed E-state index contributed by atoms with van der Waals surface area (Å²) >= 11 is 1.59. The van der Waals surface area contributed by atoms with Crippen LogP contribution in [0.4, 0.5) is 0 Å². The smallest absolute Gasteiger partial charge is 0.235 e. The fourth-order valence-electron chi connectivity index (χ4n) is 1.12. The zero-order valence-corrected chi connectivity index (χ0v) is 9.54. The van der Waals surface area contributed by atoms with E-state index < -0.39 is 0 Å². The van der Waals surface area contributed by atoms with Gasteiger partial charge in [0.15, 0.2) is 0 Å². The third-order valence-electron chi connectivity index (χ3n) is 1.84. The van der Waals surface area contributed by atoms with Crippen LogP contribution in [0.3, 0.4) is 0 Å². The molecule has 1 aromatic rings. The quantitative estimate of drug-likeness (QED) is 0.712. The highest BCUT2D eigenvalue weighted by Gasteiger charge is 2.15.